The fraction of sp³-hybridized carbons (Fsp3) is 0.263. The number of nitrogens with one attached hydrogen (secondary N) is 1. The molecule has 2 aromatic carbocycles. The van der Waals surface area contributed by atoms with Crippen molar-refractivity contribution in [2.45, 2.75) is 24.0 Å². The predicted molar refractivity (Wildman–Crippen MR) is 107 cm³/mol. The molecule has 0 spiro atoms. The van der Waals surface area contributed by atoms with Gasteiger partial charge in [0.25, 0.3) is 0 Å². The van der Waals surface area contributed by atoms with Gasteiger partial charge in [0.1, 0.15) is 5.82 Å². The lowest BCUT2D eigenvalue weighted by molar-refractivity contribution is 0.0387. The Hall–Kier alpha value is -2.00. The molecule has 0 aliphatic heterocycles. The first-order chi connectivity index (χ1) is 13.1. The summed E-state index contributed by atoms with van der Waals surface area (Å²) >= 11 is 2.84. The van der Waals surface area contributed by atoms with Crippen LogP contribution in [0.5, 0.6) is 0 Å². The number of aromatic nitrogens is 2. The van der Waals surface area contributed by atoms with Crippen molar-refractivity contribution < 1.29 is 14.2 Å². The van der Waals surface area contributed by atoms with Crippen molar-refractivity contribution in [2.24, 2.45) is 0 Å². The average Bonchev–Trinajstić information content (AvgIpc) is 3.11. The Kier molecular flexibility index (Phi) is 7.17. The van der Waals surface area contributed by atoms with Gasteiger partial charge in [0.15, 0.2) is 4.34 Å². The highest BCUT2D eigenvalue weighted by Gasteiger charge is 2.10. The van der Waals surface area contributed by atoms with Gasteiger partial charge in [-0.2, -0.15) is 0 Å². The zero-order chi connectivity index (χ0) is 19.1. The summed E-state index contributed by atoms with van der Waals surface area (Å²) in [5, 5.41) is 22.1. The molecule has 0 fully saturated rings. The summed E-state index contributed by atoms with van der Waals surface area (Å²) in [7, 11) is 0. The molecule has 0 unspecified atom stereocenters. The molecule has 27 heavy (non-hydrogen) atoms. The molecular weight excluding hydrogens is 385 g/mol. The summed E-state index contributed by atoms with van der Waals surface area (Å²) in [6.45, 7) is 2.31. The van der Waals surface area contributed by atoms with Gasteiger partial charge in [-0.1, -0.05) is 59.0 Å². The van der Waals surface area contributed by atoms with Crippen LogP contribution in [0.2, 0.25) is 0 Å². The van der Waals surface area contributed by atoms with Crippen molar-refractivity contribution in [1.29, 1.82) is 0 Å². The predicted octanol–water partition coefficient (Wildman–Crippen LogP) is 4.40. The van der Waals surface area contributed by atoms with Crippen LogP contribution in [0.1, 0.15) is 11.1 Å². The highest BCUT2D eigenvalue weighted by Crippen LogP contribution is 2.28. The standard InChI is InChI=1S/C19H20FN3O2S2/c1-13-6-8-15(9-7-13)21-18-22-23-19(27-18)26-12-16(24)11-25-10-14-4-2-3-5-17(14)20/h2-9,16,24H,10-12H2,1H3,(H,21,22)/t16-/m0/s1. The van der Waals surface area contributed by atoms with Gasteiger partial charge in [0, 0.05) is 17.0 Å². The molecule has 1 heterocycles. The van der Waals surface area contributed by atoms with Crippen LogP contribution in [0.3, 0.4) is 0 Å². The topological polar surface area (TPSA) is 67.3 Å². The number of anilines is 2. The molecular formula is C19H20FN3O2S2. The van der Waals surface area contributed by atoms with E-state index in [1.54, 1.807) is 18.2 Å². The van der Waals surface area contributed by atoms with Crippen LogP contribution in [0.25, 0.3) is 0 Å². The average molecular weight is 406 g/mol. The van der Waals surface area contributed by atoms with Gasteiger partial charge in [0.05, 0.1) is 19.3 Å². The van der Waals surface area contributed by atoms with Crippen molar-refractivity contribution in [1.82, 2.24) is 10.2 Å². The lowest BCUT2D eigenvalue weighted by Crippen LogP contribution is -2.18. The van der Waals surface area contributed by atoms with Crippen molar-refractivity contribution in [3.8, 4) is 0 Å². The van der Waals surface area contributed by atoms with Crippen LogP contribution in [-0.4, -0.2) is 33.8 Å². The van der Waals surface area contributed by atoms with E-state index in [2.05, 4.69) is 15.5 Å². The van der Waals surface area contributed by atoms with Gasteiger partial charge in [-0.05, 0) is 25.1 Å². The second-order valence-corrected chi connectivity index (χ2v) is 8.18. The Balaban J connectivity index is 1.40. The molecule has 0 saturated heterocycles. The summed E-state index contributed by atoms with van der Waals surface area (Å²) in [6.07, 6.45) is -0.667. The largest absolute Gasteiger partial charge is 0.390 e. The number of aliphatic hydroxyl groups is 1. The molecule has 0 amide bonds. The molecule has 0 bridgehead atoms. The first-order valence-electron chi connectivity index (χ1n) is 8.39. The molecule has 3 rings (SSSR count). The first-order valence-corrected chi connectivity index (χ1v) is 10.2. The number of halogens is 1. The summed E-state index contributed by atoms with van der Waals surface area (Å²) in [5.74, 6) is 0.125. The maximum Gasteiger partial charge on any atom is 0.210 e. The Labute approximate surface area is 165 Å². The van der Waals surface area contributed by atoms with E-state index >= 15 is 0 Å². The number of hydrogen-bond donors (Lipinski definition) is 2. The number of aryl methyl sites for hydroxylation is 1. The lowest BCUT2D eigenvalue weighted by atomic mass is 10.2. The number of thioether (sulfide) groups is 1. The van der Waals surface area contributed by atoms with E-state index in [0.717, 1.165) is 10.0 Å². The van der Waals surface area contributed by atoms with Crippen molar-refractivity contribution in [2.75, 3.05) is 17.7 Å². The normalized spacial score (nSPS) is 12.1. The number of aliphatic hydroxyl groups excluding tert-OH is 1. The lowest BCUT2D eigenvalue weighted by Gasteiger charge is -2.10. The third kappa shape index (κ3) is 6.28. The van der Waals surface area contributed by atoms with Crippen molar-refractivity contribution in [3.05, 3.63) is 65.5 Å². The van der Waals surface area contributed by atoms with Gasteiger partial charge >= 0.3 is 0 Å². The smallest absolute Gasteiger partial charge is 0.210 e. The maximum atomic E-state index is 13.5. The summed E-state index contributed by atoms with van der Waals surface area (Å²) < 4.78 is 19.7. The molecule has 8 heteroatoms. The summed E-state index contributed by atoms with van der Waals surface area (Å²) in [5.41, 5.74) is 2.63. The zero-order valence-electron chi connectivity index (χ0n) is 14.8. The van der Waals surface area contributed by atoms with Gasteiger partial charge in [0.2, 0.25) is 5.13 Å². The Morgan fingerprint density at radius 2 is 1.96 bits per heavy atom. The molecule has 0 saturated carbocycles. The number of rotatable bonds is 9. The minimum atomic E-state index is -0.667. The van der Waals surface area contributed by atoms with Crippen molar-refractivity contribution >= 4 is 33.9 Å². The highest BCUT2D eigenvalue weighted by molar-refractivity contribution is 8.01. The van der Waals surface area contributed by atoms with Crippen LogP contribution >= 0.6 is 23.1 Å². The number of nitrogens with zero attached hydrogens (tertiary/aromatic N) is 2. The maximum absolute atomic E-state index is 13.5. The van der Waals surface area contributed by atoms with E-state index in [1.165, 1.54) is 34.7 Å². The number of hydrogen-bond acceptors (Lipinski definition) is 7. The molecule has 5 nitrogen and oxygen atoms in total. The Morgan fingerprint density at radius 3 is 2.74 bits per heavy atom. The minimum absolute atomic E-state index is 0.134. The van der Waals surface area contributed by atoms with E-state index in [1.807, 2.05) is 31.2 Å². The van der Waals surface area contributed by atoms with E-state index in [4.69, 9.17) is 4.74 Å². The molecule has 0 aliphatic carbocycles. The molecule has 0 aliphatic rings. The number of benzene rings is 2. The highest BCUT2D eigenvalue weighted by atomic mass is 32.2. The summed E-state index contributed by atoms with van der Waals surface area (Å²) in [4.78, 5) is 0. The van der Waals surface area contributed by atoms with Crippen LogP contribution in [0.4, 0.5) is 15.2 Å². The molecule has 0 radical (unpaired) electrons. The molecule has 142 valence electrons. The first kappa shape index (κ1) is 19.8. The van der Waals surface area contributed by atoms with Crippen LogP contribution < -0.4 is 5.32 Å². The van der Waals surface area contributed by atoms with Crippen LogP contribution in [0.15, 0.2) is 52.9 Å². The second-order valence-electron chi connectivity index (χ2n) is 5.94. The summed E-state index contributed by atoms with van der Waals surface area (Å²) in [6, 6.07) is 14.5. The van der Waals surface area contributed by atoms with E-state index in [9.17, 15) is 9.50 Å². The van der Waals surface area contributed by atoms with Gasteiger partial charge in [-0.3, -0.25) is 0 Å². The fourth-order valence-electron chi connectivity index (χ4n) is 2.21. The van der Waals surface area contributed by atoms with Gasteiger partial charge < -0.3 is 15.2 Å². The molecule has 2 N–H and O–H groups in total. The molecule has 3 aromatic rings. The fourth-order valence-corrected chi connectivity index (χ4v) is 3.92. The van der Waals surface area contributed by atoms with E-state index < -0.39 is 6.10 Å². The molecule has 1 atom stereocenters. The monoisotopic (exact) mass is 405 g/mol. The van der Waals surface area contributed by atoms with Gasteiger partial charge in [-0.15, -0.1) is 10.2 Å². The SMILES string of the molecule is Cc1ccc(Nc2nnc(SC[C@@H](O)COCc3ccccc3F)s2)cc1. The molecule has 1 aromatic heterocycles. The quantitative estimate of drug-likeness (QED) is 0.515. The van der Waals surface area contributed by atoms with Gasteiger partial charge in [-0.25, -0.2) is 4.39 Å². The zero-order valence-corrected chi connectivity index (χ0v) is 16.4. The van der Waals surface area contributed by atoms with E-state index in [0.29, 0.717) is 16.4 Å². The Morgan fingerprint density at radius 1 is 1.19 bits per heavy atom. The third-order valence-corrected chi connectivity index (χ3v) is 5.75. The van der Waals surface area contributed by atoms with Crippen molar-refractivity contribution in [3.63, 3.8) is 0 Å². The van der Waals surface area contributed by atoms with Crippen LogP contribution in [0, 0.1) is 12.7 Å². The third-order valence-electron chi connectivity index (χ3n) is 3.63. The number of ether oxygens (including phenoxy) is 1. The minimum Gasteiger partial charge on any atom is -0.390 e. The second kappa shape index (κ2) is 9.80. The van der Waals surface area contributed by atoms with Crippen LogP contribution in [-0.2, 0) is 11.3 Å². The Bertz CT molecular complexity index is 858. The van der Waals surface area contributed by atoms with E-state index in [-0.39, 0.29) is 19.0 Å².